The average molecular weight is 246 g/mol. The van der Waals surface area contributed by atoms with Crippen molar-refractivity contribution in [2.24, 2.45) is 5.92 Å². The highest BCUT2D eigenvalue weighted by Crippen LogP contribution is 2.38. The number of aromatic nitrogens is 1. The summed E-state index contributed by atoms with van der Waals surface area (Å²) in [5.41, 5.74) is 0.902. The normalized spacial score (nSPS) is 29.1. The molecule has 3 rings (SSSR count). The quantitative estimate of drug-likeness (QED) is 0.871. The van der Waals surface area contributed by atoms with Crippen LogP contribution < -0.4 is 4.90 Å². The Morgan fingerprint density at radius 3 is 2.83 bits per heavy atom. The van der Waals surface area contributed by atoms with Crippen molar-refractivity contribution in [3.63, 3.8) is 0 Å². The molecule has 2 fully saturated rings. The van der Waals surface area contributed by atoms with E-state index in [2.05, 4.69) is 16.0 Å². The highest BCUT2D eigenvalue weighted by Gasteiger charge is 2.35. The fourth-order valence-electron chi connectivity index (χ4n) is 3.55. The van der Waals surface area contributed by atoms with Gasteiger partial charge in [0.05, 0.1) is 6.10 Å². The summed E-state index contributed by atoms with van der Waals surface area (Å²) in [6.45, 7) is 2.92. The molecule has 0 aromatic carbocycles. The van der Waals surface area contributed by atoms with Gasteiger partial charge in [-0.25, -0.2) is 4.98 Å². The molecule has 1 aromatic rings. The van der Waals surface area contributed by atoms with Gasteiger partial charge in [0.1, 0.15) is 5.82 Å². The lowest BCUT2D eigenvalue weighted by Gasteiger charge is -2.38. The molecule has 0 amide bonds. The summed E-state index contributed by atoms with van der Waals surface area (Å²) in [5, 5.41) is 9.52. The van der Waals surface area contributed by atoms with Crippen molar-refractivity contribution in [3.8, 4) is 0 Å². The van der Waals surface area contributed by atoms with Gasteiger partial charge >= 0.3 is 0 Å². The third kappa shape index (κ3) is 2.12. The van der Waals surface area contributed by atoms with Gasteiger partial charge in [0.15, 0.2) is 0 Å². The van der Waals surface area contributed by atoms with E-state index in [0.717, 1.165) is 23.8 Å². The molecule has 2 heterocycles. The molecular weight excluding hydrogens is 224 g/mol. The Kier molecular flexibility index (Phi) is 3.25. The summed E-state index contributed by atoms with van der Waals surface area (Å²) in [6.07, 6.45) is 8.17. The minimum Gasteiger partial charge on any atom is -0.389 e. The number of aliphatic hydroxyl groups excluding tert-OH is 1. The van der Waals surface area contributed by atoms with E-state index in [1.807, 2.05) is 12.3 Å². The predicted octanol–water partition coefficient (Wildman–Crippen LogP) is 2.90. The Morgan fingerprint density at radius 1 is 1.28 bits per heavy atom. The van der Waals surface area contributed by atoms with E-state index < -0.39 is 6.10 Å². The number of rotatable bonds is 2. The zero-order chi connectivity index (χ0) is 12.5. The number of aliphatic hydroxyl groups is 1. The second kappa shape index (κ2) is 4.88. The largest absolute Gasteiger partial charge is 0.389 e. The molecule has 98 valence electrons. The van der Waals surface area contributed by atoms with Crippen LogP contribution in [0.5, 0.6) is 0 Å². The molecule has 1 aliphatic carbocycles. The Morgan fingerprint density at radius 2 is 2.11 bits per heavy atom. The van der Waals surface area contributed by atoms with Crippen molar-refractivity contribution in [3.05, 3.63) is 23.9 Å². The number of fused-ring (bicyclic) bond motifs is 1. The van der Waals surface area contributed by atoms with Gasteiger partial charge in [-0.2, -0.15) is 0 Å². The first-order valence-corrected chi connectivity index (χ1v) is 7.16. The molecule has 1 aromatic heterocycles. The molecule has 3 atom stereocenters. The standard InChI is InChI=1S/C15H22N2O/c1-11(18)13-7-8-15(16-10-13)17-9-3-5-12-4-2-6-14(12)17/h7-8,10-12,14,18H,2-6,9H2,1H3/t11-,12?,14?/m0/s1. The van der Waals surface area contributed by atoms with Crippen LogP contribution in [0, 0.1) is 5.92 Å². The molecule has 3 nitrogen and oxygen atoms in total. The lowest BCUT2D eigenvalue weighted by molar-refractivity contribution is 0.199. The van der Waals surface area contributed by atoms with Gasteiger partial charge in [-0.15, -0.1) is 0 Å². The maximum absolute atomic E-state index is 9.52. The molecule has 1 saturated heterocycles. The van der Waals surface area contributed by atoms with Gasteiger partial charge in [-0.05, 0) is 50.2 Å². The second-order valence-electron chi connectivity index (χ2n) is 5.72. The fraction of sp³-hybridized carbons (Fsp3) is 0.667. The summed E-state index contributed by atoms with van der Waals surface area (Å²) in [5.74, 6) is 1.98. The van der Waals surface area contributed by atoms with Crippen LogP contribution in [0.15, 0.2) is 18.3 Å². The average Bonchev–Trinajstić information content (AvgIpc) is 2.87. The summed E-state index contributed by atoms with van der Waals surface area (Å²) < 4.78 is 0. The lowest BCUT2D eigenvalue weighted by atomic mass is 9.92. The van der Waals surface area contributed by atoms with Gasteiger partial charge < -0.3 is 10.0 Å². The van der Waals surface area contributed by atoms with E-state index in [1.54, 1.807) is 6.92 Å². The van der Waals surface area contributed by atoms with Crippen molar-refractivity contribution in [2.75, 3.05) is 11.4 Å². The van der Waals surface area contributed by atoms with Gasteiger partial charge in [0, 0.05) is 18.8 Å². The highest BCUT2D eigenvalue weighted by atomic mass is 16.3. The Labute approximate surface area is 109 Å². The van der Waals surface area contributed by atoms with E-state index >= 15 is 0 Å². The fourth-order valence-corrected chi connectivity index (χ4v) is 3.55. The molecule has 2 unspecified atom stereocenters. The summed E-state index contributed by atoms with van der Waals surface area (Å²) in [4.78, 5) is 7.04. The van der Waals surface area contributed by atoms with E-state index in [1.165, 1.54) is 32.1 Å². The monoisotopic (exact) mass is 246 g/mol. The van der Waals surface area contributed by atoms with Crippen LogP contribution in [0.3, 0.4) is 0 Å². The van der Waals surface area contributed by atoms with Crippen molar-refractivity contribution >= 4 is 5.82 Å². The van der Waals surface area contributed by atoms with E-state index in [9.17, 15) is 5.11 Å². The molecule has 2 aliphatic rings. The second-order valence-corrected chi connectivity index (χ2v) is 5.72. The van der Waals surface area contributed by atoms with Crippen molar-refractivity contribution in [1.29, 1.82) is 0 Å². The van der Waals surface area contributed by atoms with Crippen LogP contribution in [0.25, 0.3) is 0 Å². The lowest BCUT2D eigenvalue weighted by Crippen LogP contribution is -2.43. The maximum Gasteiger partial charge on any atom is 0.128 e. The summed E-state index contributed by atoms with van der Waals surface area (Å²) in [6, 6.07) is 4.79. The summed E-state index contributed by atoms with van der Waals surface area (Å²) >= 11 is 0. The minimum absolute atomic E-state index is 0.424. The number of hydrogen-bond acceptors (Lipinski definition) is 3. The van der Waals surface area contributed by atoms with Crippen LogP contribution >= 0.6 is 0 Å². The van der Waals surface area contributed by atoms with Crippen LogP contribution in [0.1, 0.15) is 50.7 Å². The zero-order valence-corrected chi connectivity index (χ0v) is 11.0. The summed E-state index contributed by atoms with van der Waals surface area (Å²) in [7, 11) is 0. The number of pyridine rings is 1. The van der Waals surface area contributed by atoms with Crippen molar-refractivity contribution in [1.82, 2.24) is 4.98 Å². The topological polar surface area (TPSA) is 36.4 Å². The van der Waals surface area contributed by atoms with Crippen LogP contribution in [0.4, 0.5) is 5.82 Å². The third-order valence-corrected chi connectivity index (χ3v) is 4.54. The molecule has 18 heavy (non-hydrogen) atoms. The van der Waals surface area contributed by atoms with E-state index in [-0.39, 0.29) is 0 Å². The first kappa shape index (κ1) is 12.0. The predicted molar refractivity (Wildman–Crippen MR) is 72.6 cm³/mol. The van der Waals surface area contributed by atoms with E-state index in [4.69, 9.17) is 0 Å². The third-order valence-electron chi connectivity index (χ3n) is 4.54. The molecule has 0 radical (unpaired) electrons. The zero-order valence-electron chi connectivity index (χ0n) is 11.0. The van der Waals surface area contributed by atoms with Crippen LogP contribution in [-0.4, -0.2) is 22.7 Å². The van der Waals surface area contributed by atoms with Gasteiger partial charge in [-0.1, -0.05) is 12.5 Å². The number of piperidine rings is 1. The Balaban J connectivity index is 1.80. The molecule has 1 aliphatic heterocycles. The molecular formula is C15H22N2O. The molecule has 0 bridgehead atoms. The highest BCUT2D eigenvalue weighted by molar-refractivity contribution is 5.42. The number of anilines is 1. The van der Waals surface area contributed by atoms with Gasteiger partial charge in [0.25, 0.3) is 0 Å². The molecule has 1 saturated carbocycles. The minimum atomic E-state index is -0.424. The number of hydrogen-bond donors (Lipinski definition) is 1. The Hall–Kier alpha value is -1.09. The maximum atomic E-state index is 9.52. The van der Waals surface area contributed by atoms with Gasteiger partial charge in [-0.3, -0.25) is 0 Å². The number of nitrogens with zero attached hydrogens (tertiary/aromatic N) is 2. The molecule has 3 heteroatoms. The Bertz CT molecular complexity index is 401. The first-order valence-electron chi connectivity index (χ1n) is 7.16. The van der Waals surface area contributed by atoms with Crippen molar-refractivity contribution < 1.29 is 5.11 Å². The smallest absolute Gasteiger partial charge is 0.128 e. The molecule has 1 N–H and O–H groups in total. The molecule has 0 spiro atoms. The first-order chi connectivity index (χ1) is 8.75. The van der Waals surface area contributed by atoms with Crippen LogP contribution in [-0.2, 0) is 0 Å². The van der Waals surface area contributed by atoms with Gasteiger partial charge in [0.2, 0.25) is 0 Å². The van der Waals surface area contributed by atoms with Crippen molar-refractivity contribution in [2.45, 2.75) is 51.2 Å². The van der Waals surface area contributed by atoms with Crippen LogP contribution in [0.2, 0.25) is 0 Å². The SMILES string of the molecule is C[C@H](O)c1ccc(N2CCCC3CCCC32)nc1. The van der Waals surface area contributed by atoms with E-state index in [0.29, 0.717) is 6.04 Å².